The summed E-state index contributed by atoms with van der Waals surface area (Å²) in [4.78, 5) is 22.5. The van der Waals surface area contributed by atoms with E-state index in [2.05, 4.69) is 35.0 Å². The van der Waals surface area contributed by atoms with Gasteiger partial charge in [0.15, 0.2) is 0 Å². The summed E-state index contributed by atoms with van der Waals surface area (Å²) in [7, 11) is 0. The van der Waals surface area contributed by atoms with Gasteiger partial charge in [0.25, 0.3) is 5.91 Å². The first-order valence-corrected chi connectivity index (χ1v) is 14.5. The van der Waals surface area contributed by atoms with Gasteiger partial charge in [-0.3, -0.25) is 4.79 Å². The fourth-order valence-electron chi connectivity index (χ4n) is 5.70. The van der Waals surface area contributed by atoms with Gasteiger partial charge in [0.2, 0.25) is 5.88 Å². The Bertz CT molecular complexity index is 1540. The molecule has 42 heavy (non-hydrogen) atoms. The van der Waals surface area contributed by atoms with Crippen LogP contribution in [-0.4, -0.2) is 48.1 Å². The van der Waals surface area contributed by atoms with E-state index in [0.29, 0.717) is 56.3 Å². The van der Waals surface area contributed by atoms with Gasteiger partial charge in [-0.05, 0) is 83.6 Å². The first-order valence-electron chi connectivity index (χ1n) is 14.5. The van der Waals surface area contributed by atoms with Crippen LogP contribution in [0.15, 0.2) is 79.0 Å². The van der Waals surface area contributed by atoms with E-state index in [1.807, 2.05) is 48.2 Å². The molecule has 0 radical (unpaired) electrons. The fraction of sp³-hybridized carbons (Fsp3) is 0.294. The summed E-state index contributed by atoms with van der Waals surface area (Å²) < 4.78 is 20.1. The topological polar surface area (TPSA) is 97.7 Å². The second-order valence-corrected chi connectivity index (χ2v) is 10.4. The van der Waals surface area contributed by atoms with E-state index in [1.54, 1.807) is 12.3 Å². The number of aromatic nitrogens is 1. The number of rotatable bonds is 9. The summed E-state index contributed by atoms with van der Waals surface area (Å²) >= 11 is 0. The zero-order valence-electron chi connectivity index (χ0n) is 24.2. The summed E-state index contributed by atoms with van der Waals surface area (Å²) in [5.41, 5.74) is 18.9. The van der Waals surface area contributed by atoms with Crippen LogP contribution in [0.1, 0.15) is 41.8 Å². The van der Waals surface area contributed by atoms with Crippen LogP contribution in [0.5, 0.6) is 5.88 Å². The van der Waals surface area contributed by atoms with Crippen molar-refractivity contribution < 1.29 is 13.9 Å². The van der Waals surface area contributed by atoms with Crippen LogP contribution in [0.3, 0.4) is 0 Å². The number of piperazine rings is 1. The van der Waals surface area contributed by atoms with Crippen molar-refractivity contribution in [1.29, 1.82) is 0 Å². The van der Waals surface area contributed by atoms with Crippen LogP contribution in [-0.2, 0) is 13.1 Å². The molecule has 7 nitrogen and oxygen atoms in total. The highest BCUT2D eigenvalue weighted by atomic mass is 19.1. The number of carbonyl (C=O) groups excluding carboxylic acids is 1. The minimum atomic E-state index is -0.377. The molecule has 0 aliphatic carbocycles. The van der Waals surface area contributed by atoms with E-state index in [1.165, 1.54) is 12.1 Å². The van der Waals surface area contributed by atoms with Gasteiger partial charge in [-0.1, -0.05) is 37.3 Å². The van der Waals surface area contributed by atoms with Crippen LogP contribution in [0.2, 0.25) is 0 Å². The lowest BCUT2D eigenvalue weighted by molar-refractivity contribution is 0.0721. The minimum absolute atomic E-state index is 0.0968. The number of amides is 1. The molecule has 1 aliphatic heterocycles. The maximum Gasteiger partial charge on any atom is 0.254 e. The van der Waals surface area contributed by atoms with Crippen molar-refractivity contribution in [3.05, 3.63) is 102 Å². The summed E-state index contributed by atoms with van der Waals surface area (Å²) in [6, 6.07) is 22.3. The number of ether oxygens (including phenoxy) is 1. The number of pyridine rings is 1. The molecule has 1 fully saturated rings. The third kappa shape index (κ3) is 6.00. The average Bonchev–Trinajstić information content (AvgIpc) is 3.04. The Morgan fingerprint density at radius 1 is 0.952 bits per heavy atom. The number of hydrogen-bond donors (Lipinski definition) is 2. The Morgan fingerprint density at radius 3 is 2.45 bits per heavy atom. The molecule has 8 heteroatoms. The number of carbonyl (C=O) groups is 1. The van der Waals surface area contributed by atoms with Crippen molar-refractivity contribution >= 4 is 11.6 Å². The Balaban J connectivity index is 1.39. The Labute approximate surface area is 246 Å². The third-order valence-electron chi connectivity index (χ3n) is 7.93. The molecule has 4 N–H and O–H groups in total. The molecule has 218 valence electrons. The van der Waals surface area contributed by atoms with Gasteiger partial charge < -0.3 is 26.0 Å². The number of hydrogen-bond acceptors (Lipinski definition) is 6. The predicted molar refractivity (Wildman–Crippen MR) is 166 cm³/mol. The number of anilines is 1. The van der Waals surface area contributed by atoms with Crippen molar-refractivity contribution in [1.82, 2.24) is 9.88 Å². The van der Waals surface area contributed by atoms with Gasteiger partial charge in [0.1, 0.15) is 5.82 Å². The van der Waals surface area contributed by atoms with Crippen LogP contribution in [0.4, 0.5) is 10.1 Å². The standard InChI is InChI=1S/C34H38FN5O2/c1-3-28-22-39(34(41)30-13-12-27(35)19-31(30)24-9-7-23(20-36)8-10-24)16-17-40(28)32-14-11-25(18-26(32)21-37)29-6-5-15-38-33(29)42-4-2/h5-15,18-19,28H,3-4,16-17,20-22,36-37H2,1-2H3/t28-/m1/s1. The first kappa shape index (κ1) is 29.2. The van der Waals surface area contributed by atoms with Gasteiger partial charge in [-0.25, -0.2) is 9.37 Å². The molecule has 0 saturated carbocycles. The van der Waals surface area contributed by atoms with Crippen molar-refractivity contribution in [2.75, 3.05) is 31.1 Å². The molecular weight excluding hydrogens is 529 g/mol. The quantitative estimate of drug-likeness (QED) is 0.273. The highest BCUT2D eigenvalue weighted by Crippen LogP contribution is 2.34. The van der Waals surface area contributed by atoms with Crippen LogP contribution in [0, 0.1) is 5.82 Å². The lowest BCUT2D eigenvalue weighted by atomic mass is 9.96. The van der Waals surface area contributed by atoms with Gasteiger partial charge in [-0.2, -0.15) is 0 Å². The molecular formula is C34H38FN5O2. The molecule has 5 rings (SSSR count). The molecule has 0 bridgehead atoms. The highest BCUT2D eigenvalue weighted by Gasteiger charge is 2.31. The summed E-state index contributed by atoms with van der Waals surface area (Å²) in [6.07, 6.45) is 2.58. The Morgan fingerprint density at radius 2 is 1.74 bits per heavy atom. The lowest BCUT2D eigenvalue weighted by Gasteiger charge is -2.43. The maximum absolute atomic E-state index is 14.3. The molecule has 1 aromatic heterocycles. The van der Waals surface area contributed by atoms with E-state index in [4.69, 9.17) is 16.2 Å². The van der Waals surface area contributed by atoms with E-state index in [0.717, 1.165) is 39.9 Å². The minimum Gasteiger partial charge on any atom is -0.478 e. The van der Waals surface area contributed by atoms with Gasteiger partial charge in [0.05, 0.1) is 6.61 Å². The maximum atomic E-state index is 14.3. The van der Waals surface area contributed by atoms with Gasteiger partial charge in [-0.15, -0.1) is 0 Å². The molecule has 2 heterocycles. The number of nitrogens with two attached hydrogens (primary N) is 2. The van der Waals surface area contributed by atoms with E-state index in [9.17, 15) is 9.18 Å². The van der Waals surface area contributed by atoms with Gasteiger partial charge >= 0.3 is 0 Å². The normalized spacial score (nSPS) is 15.1. The second-order valence-electron chi connectivity index (χ2n) is 10.4. The van der Waals surface area contributed by atoms with Gasteiger partial charge in [0, 0.05) is 61.8 Å². The van der Waals surface area contributed by atoms with Crippen LogP contribution in [0.25, 0.3) is 22.3 Å². The van der Waals surface area contributed by atoms with Crippen LogP contribution < -0.4 is 21.1 Å². The molecule has 1 atom stereocenters. The number of halogens is 1. The Hall–Kier alpha value is -4.27. The lowest BCUT2D eigenvalue weighted by Crippen LogP contribution is -2.55. The van der Waals surface area contributed by atoms with E-state index < -0.39 is 0 Å². The average molecular weight is 568 g/mol. The van der Waals surface area contributed by atoms with Crippen molar-refractivity contribution in [3.63, 3.8) is 0 Å². The molecule has 3 aromatic carbocycles. The second kappa shape index (κ2) is 13.1. The zero-order chi connectivity index (χ0) is 29.6. The summed E-state index contributed by atoms with van der Waals surface area (Å²) in [6.45, 7) is 7.17. The Kier molecular flexibility index (Phi) is 9.15. The summed E-state index contributed by atoms with van der Waals surface area (Å²) in [5.74, 6) is 0.128. The van der Waals surface area contributed by atoms with E-state index >= 15 is 0 Å². The number of benzene rings is 3. The SMILES string of the molecule is CCOc1ncccc1-c1ccc(N2CCN(C(=O)c3ccc(F)cc3-c3ccc(CN)cc3)C[C@H]2CC)c(CN)c1. The smallest absolute Gasteiger partial charge is 0.254 e. The monoisotopic (exact) mass is 567 g/mol. The van der Waals surface area contributed by atoms with Crippen molar-refractivity contribution in [2.24, 2.45) is 11.5 Å². The van der Waals surface area contributed by atoms with Crippen LogP contribution >= 0.6 is 0 Å². The number of nitrogens with zero attached hydrogens (tertiary/aromatic N) is 3. The molecule has 1 aliphatic rings. The summed E-state index contributed by atoms with van der Waals surface area (Å²) in [5, 5.41) is 0. The molecule has 0 unspecified atom stereocenters. The first-order chi connectivity index (χ1) is 20.5. The fourth-order valence-corrected chi connectivity index (χ4v) is 5.70. The highest BCUT2D eigenvalue weighted by molar-refractivity contribution is 6.01. The zero-order valence-corrected chi connectivity index (χ0v) is 24.2. The van der Waals surface area contributed by atoms with Crippen molar-refractivity contribution in [3.8, 4) is 28.1 Å². The third-order valence-corrected chi connectivity index (χ3v) is 7.93. The predicted octanol–water partition coefficient (Wildman–Crippen LogP) is 5.61. The largest absolute Gasteiger partial charge is 0.478 e. The molecule has 0 spiro atoms. The van der Waals surface area contributed by atoms with Crippen molar-refractivity contribution in [2.45, 2.75) is 39.4 Å². The molecule has 4 aromatic rings. The molecule has 1 saturated heterocycles. The van der Waals surface area contributed by atoms with E-state index in [-0.39, 0.29) is 17.8 Å². The molecule has 1 amide bonds.